The van der Waals surface area contributed by atoms with Crippen molar-refractivity contribution in [2.24, 2.45) is 16.8 Å². The summed E-state index contributed by atoms with van der Waals surface area (Å²) in [6.07, 6.45) is 11.7. The van der Waals surface area contributed by atoms with Crippen LogP contribution in [-0.4, -0.2) is 74.1 Å². The number of allylic oxidation sites excluding steroid dienone is 3. The molecule has 1 heterocycles. The molecule has 0 aromatic heterocycles. The summed E-state index contributed by atoms with van der Waals surface area (Å²) in [4.78, 5) is 7.02. The standard InChI is InChI=1S/C28H44N4O3/c1-3-22(18-29-2)19-30-21-32-15-12-23(13-16-32)20-35-27-10-8-25(9-11-27)24-4-6-26(7-5-24)28(34)31-14-17-33/h4,8-11,18-19,23,26,28-29,31,33-34H,3,5-7,12-17,20-21H2,1-2H3/b22-18-,30-19-. The summed E-state index contributed by atoms with van der Waals surface area (Å²) in [5, 5.41) is 25.1. The SMILES string of the molecule is CCC(/C=N\CN1CCC(COc2ccc(C3=CCC(C(O)NCCO)CC3)cc2)CC1)=C/NC. The summed E-state index contributed by atoms with van der Waals surface area (Å²) in [6.45, 7) is 6.29. The minimum Gasteiger partial charge on any atom is -0.493 e. The Bertz CT molecular complexity index is 829. The highest BCUT2D eigenvalue weighted by Crippen LogP contribution is 2.32. The molecule has 1 aromatic carbocycles. The summed E-state index contributed by atoms with van der Waals surface area (Å²) in [6, 6.07) is 8.45. The van der Waals surface area contributed by atoms with Gasteiger partial charge in [0.25, 0.3) is 0 Å². The predicted octanol–water partition coefficient (Wildman–Crippen LogP) is 3.40. The molecule has 0 saturated carbocycles. The van der Waals surface area contributed by atoms with Crippen LogP contribution in [0.1, 0.15) is 51.0 Å². The van der Waals surface area contributed by atoms with Crippen molar-refractivity contribution in [3.8, 4) is 5.75 Å². The molecule has 2 unspecified atom stereocenters. The van der Waals surface area contributed by atoms with E-state index >= 15 is 0 Å². The first-order valence-corrected chi connectivity index (χ1v) is 13.2. The van der Waals surface area contributed by atoms with Crippen molar-refractivity contribution >= 4 is 11.8 Å². The molecule has 0 bridgehead atoms. The van der Waals surface area contributed by atoms with Gasteiger partial charge in [0.15, 0.2) is 0 Å². The summed E-state index contributed by atoms with van der Waals surface area (Å²) in [5.41, 5.74) is 3.79. The Labute approximate surface area is 211 Å². The normalized spacial score (nSPS) is 21.2. The number of benzene rings is 1. The molecule has 7 nitrogen and oxygen atoms in total. The molecular weight excluding hydrogens is 440 g/mol. The molecule has 7 heteroatoms. The van der Waals surface area contributed by atoms with E-state index in [1.807, 2.05) is 19.5 Å². The zero-order valence-corrected chi connectivity index (χ0v) is 21.5. The minimum absolute atomic E-state index is 0.0445. The molecule has 35 heavy (non-hydrogen) atoms. The van der Waals surface area contributed by atoms with Crippen LogP contribution in [0.5, 0.6) is 5.75 Å². The van der Waals surface area contributed by atoms with Gasteiger partial charge in [0, 0.05) is 45.0 Å². The van der Waals surface area contributed by atoms with Crippen molar-refractivity contribution in [3.63, 3.8) is 0 Å². The third-order valence-corrected chi connectivity index (χ3v) is 7.06. The second kappa shape index (κ2) is 15.0. The minimum atomic E-state index is -0.551. The first-order valence-electron chi connectivity index (χ1n) is 13.2. The lowest BCUT2D eigenvalue weighted by Gasteiger charge is -2.30. The smallest absolute Gasteiger partial charge is 0.119 e. The van der Waals surface area contributed by atoms with Crippen molar-refractivity contribution in [3.05, 3.63) is 47.7 Å². The Hall–Kier alpha value is -2.19. The molecule has 1 aromatic rings. The number of aliphatic hydroxyl groups is 2. The van der Waals surface area contributed by atoms with Crippen LogP contribution < -0.4 is 15.4 Å². The molecule has 2 aliphatic rings. The fraction of sp³-hybridized carbons (Fsp3) is 0.607. The van der Waals surface area contributed by atoms with E-state index in [9.17, 15) is 5.11 Å². The predicted molar refractivity (Wildman–Crippen MR) is 143 cm³/mol. The summed E-state index contributed by atoms with van der Waals surface area (Å²) in [5.74, 6) is 1.73. The Balaban J connectivity index is 1.37. The van der Waals surface area contributed by atoms with Crippen molar-refractivity contribution < 1.29 is 14.9 Å². The van der Waals surface area contributed by atoms with Gasteiger partial charge in [-0.15, -0.1) is 0 Å². The van der Waals surface area contributed by atoms with Crippen LogP contribution in [0.4, 0.5) is 0 Å². The van der Waals surface area contributed by atoms with Crippen LogP contribution in [0.2, 0.25) is 0 Å². The third kappa shape index (κ3) is 9.08. The number of rotatable bonds is 13. The van der Waals surface area contributed by atoms with E-state index in [2.05, 4.69) is 57.8 Å². The number of likely N-dealkylation sites (tertiary alicyclic amines) is 1. The van der Waals surface area contributed by atoms with Crippen LogP contribution in [0.3, 0.4) is 0 Å². The van der Waals surface area contributed by atoms with Gasteiger partial charge in [-0.05, 0) is 73.3 Å². The second-order valence-corrected chi connectivity index (χ2v) is 9.60. The summed E-state index contributed by atoms with van der Waals surface area (Å²) < 4.78 is 6.12. The second-order valence-electron chi connectivity index (χ2n) is 9.60. The van der Waals surface area contributed by atoms with Crippen molar-refractivity contribution in [2.45, 2.75) is 51.7 Å². The van der Waals surface area contributed by atoms with Crippen molar-refractivity contribution in [1.29, 1.82) is 0 Å². The maximum absolute atomic E-state index is 10.2. The molecule has 1 saturated heterocycles. The van der Waals surface area contributed by atoms with Gasteiger partial charge in [0.05, 0.1) is 19.9 Å². The maximum atomic E-state index is 10.2. The number of piperidine rings is 1. The maximum Gasteiger partial charge on any atom is 0.119 e. The summed E-state index contributed by atoms with van der Waals surface area (Å²) >= 11 is 0. The molecule has 4 N–H and O–H groups in total. The zero-order valence-electron chi connectivity index (χ0n) is 21.5. The van der Waals surface area contributed by atoms with Crippen LogP contribution in [-0.2, 0) is 0 Å². The number of hydrogen-bond acceptors (Lipinski definition) is 7. The van der Waals surface area contributed by atoms with Gasteiger partial charge in [-0.25, -0.2) is 0 Å². The number of ether oxygens (including phenoxy) is 1. The third-order valence-electron chi connectivity index (χ3n) is 7.06. The number of nitrogens with one attached hydrogen (secondary N) is 2. The molecule has 0 spiro atoms. The number of aliphatic hydroxyl groups excluding tert-OH is 2. The largest absolute Gasteiger partial charge is 0.493 e. The molecule has 2 atom stereocenters. The Morgan fingerprint density at radius 2 is 2.00 bits per heavy atom. The van der Waals surface area contributed by atoms with E-state index in [1.54, 1.807) is 0 Å². The molecule has 1 aliphatic carbocycles. The molecule has 0 radical (unpaired) electrons. The molecule has 0 amide bonds. The van der Waals surface area contributed by atoms with Crippen molar-refractivity contribution in [1.82, 2.24) is 15.5 Å². The summed E-state index contributed by atoms with van der Waals surface area (Å²) in [7, 11) is 1.92. The van der Waals surface area contributed by atoms with E-state index in [-0.39, 0.29) is 12.5 Å². The molecule has 3 rings (SSSR count). The molecule has 194 valence electrons. The van der Waals surface area contributed by atoms with Crippen LogP contribution in [0.25, 0.3) is 5.57 Å². The Kier molecular flexibility index (Phi) is 11.8. The molecular formula is C28H44N4O3. The number of aliphatic imine (C=N–C) groups is 1. The van der Waals surface area contributed by atoms with Crippen molar-refractivity contribution in [2.75, 3.05) is 46.6 Å². The van der Waals surface area contributed by atoms with Gasteiger partial charge >= 0.3 is 0 Å². The first kappa shape index (κ1) is 27.4. The zero-order chi connectivity index (χ0) is 24.9. The molecule has 1 fully saturated rings. The molecule has 1 aliphatic heterocycles. The van der Waals surface area contributed by atoms with E-state index in [4.69, 9.17) is 9.84 Å². The van der Waals surface area contributed by atoms with E-state index in [0.29, 0.717) is 12.5 Å². The monoisotopic (exact) mass is 484 g/mol. The first-order chi connectivity index (χ1) is 17.1. The van der Waals surface area contributed by atoms with E-state index in [1.165, 1.54) is 16.7 Å². The quantitative estimate of drug-likeness (QED) is 0.254. The fourth-order valence-electron chi connectivity index (χ4n) is 4.75. The lowest BCUT2D eigenvalue weighted by Crippen LogP contribution is -2.38. The van der Waals surface area contributed by atoms with Crippen LogP contribution >= 0.6 is 0 Å². The van der Waals surface area contributed by atoms with Gasteiger partial charge in [0.2, 0.25) is 0 Å². The Morgan fingerprint density at radius 1 is 1.23 bits per heavy atom. The van der Waals surface area contributed by atoms with Gasteiger partial charge in [-0.3, -0.25) is 15.2 Å². The highest BCUT2D eigenvalue weighted by molar-refractivity contribution is 5.78. The van der Waals surface area contributed by atoms with Gasteiger partial charge in [0.1, 0.15) is 12.0 Å². The van der Waals surface area contributed by atoms with Crippen LogP contribution in [0, 0.1) is 11.8 Å². The van der Waals surface area contributed by atoms with Gasteiger partial charge in [-0.1, -0.05) is 25.1 Å². The Morgan fingerprint density at radius 3 is 2.63 bits per heavy atom. The average Bonchev–Trinajstić information content (AvgIpc) is 2.91. The van der Waals surface area contributed by atoms with E-state index < -0.39 is 6.23 Å². The number of hydrogen-bond donors (Lipinski definition) is 4. The van der Waals surface area contributed by atoms with E-state index in [0.717, 1.165) is 70.6 Å². The lowest BCUT2D eigenvalue weighted by atomic mass is 9.85. The number of nitrogens with zero attached hydrogens (tertiary/aromatic N) is 2. The topological polar surface area (TPSA) is 89.4 Å². The van der Waals surface area contributed by atoms with Gasteiger partial charge < -0.3 is 20.3 Å². The fourth-order valence-corrected chi connectivity index (χ4v) is 4.75. The van der Waals surface area contributed by atoms with Crippen LogP contribution in [0.15, 0.2) is 47.1 Å². The van der Waals surface area contributed by atoms with Gasteiger partial charge in [-0.2, -0.15) is 0 Å². The highest BCUT2D eigenvalue weighted by Gasteiger charge is 2.22. The lowest BCUT2D eigenvalue weighted by molar-refractivity contribution is 0.0655. The highest BCUT2D eigenvalue weighted by atomic mass is 16.5. The average molecular weight is 485 g/mol.